The van der Waals surface area contributed by atoms with Crippen LogP contribution in [-0.2, 0) is 9.59 Å². The molecule has 6 heteroatoms. The van der Waals surface area contributed by atoms with Gasteiger partial charge in [-0.05, 0) is 19.3 Å². The van der Waals surface area contributed by atoms with Crippen LogP contribution in [0.3, 0.4) is 0 Å². The zero-order valence-corrected chi connectivity index (χ0v) is 17.6. The van der Waals surface area contributed by atoms with Gasteiger partial charge in [0.1, 0.15) is 6.54 Å². The molecule has 0 heterocycles. The third kappa shape index (κ3) is 13.6. The Bertz CT molecular complexity index is 470. The lowest BCUT2D eigenvalue weighted by atomic mass is 9.89. The van der Waals surface area contributed by atoms with Crippen LogP contribution in [0.5, 0.6) is 0 Å². The van der Waals surface area contributed by atoms with Crippen molar-refractivity contribution in [2.24, 2.45) is 0 Å². The van der Waals surface area contributed by atoms with Gasteiger partial charge in [-0.25, -0.2) is 0 Å². The minimum Gasteiger partial charge on any atom is -0.481 e. The van der Waals surface area contributed by atoms with Crippen molar-refractivity contribution < 1.29 is 29.4 Å². The third-order valence-electron chi connectivity index (χ3n) is 4.42. The number of hydrogen-bond acceptors (Lipinski definition) is 4. The van der Waals surface area contributed by atoms with Gasteiger partial charge in [0.2, 0.25) is 0 Å². The summed E-state index contributed by atoms with van der Waals surface area (Å²) in [5.74, 6) is -1.85. The highest BCUT2D eigenvalue weighted by Crippen LogP contribution is 2.20. The number of carbonyl (C=O) groups is 2. The molecule has 2 unspecified atom stereocenters. The molecular formula is C21H40NO5+. The maximum absolute atomic E-state index is 12.4. The Kier molecular flexibility index (Phi) is 12.4. The summed E-state index contributed by atoms with van der Waals surface area (Å²) in [5.41, 5.74) is -1.97. The van der Waals surface area contributed by atoms with E-state index in [-0.39, 0.29) is 17.4 Å². The summed E-state index contributed by atoms with van der Waals surface area (Å²) in [5, 5.41) is 29.7. The molecule has 0 aromatic heterocycles. The average molecular weight is 387 g/mol. The van der Waals surface area contributed by atoms with E-state index in [1.807, 2.05) is 12.2 Å². The number of hydrogen-bond donors (Lipinski definition) is 3. The van der Waals surface area contributed by atoms with Crippen molar-refractivity contribution in [2.75, 3.05) is 27.7 Å². The number of carboxylic acids is 1. The molecule has 0 saturated heterocycles. The van der Waals surface area contributed by atoms with Crippen molar-refractivity contribution in [1.29, 1.82) is 0 Å². The van der Waals surface area contributed by atoms with Crippen LogP contribution in [0.15, 0.2) is 12.2 Å². The number of carboxylic acid groups (broad SMARTS) is 1. The third-order valence-corrected chi connectivity index (χ3v) is 4.42. The Morgan fingerprint density at radius 2 is 1.63 bits per heavy atom. The van der Waals surface area contributed by atoms with Crippen molar-refractivity contribution in [3.05, 3.63) is 12.2 Å². The number of Topliss-reactive ketones (excluding diaryl/α,β-unsaturated/α-hetero) is 1. The lowest BCUT2D eigenvalue weighted by molar-refractivity contribution is -0.875. The van der Waals surface area contributed by atoms with Gasteiger partial charge in [0.15, 0.2) is 11.4 Å². The zero-order valence-electron chi connectivity index (χ0n) is 17.6. The van der Waals surface area contributed by atoms with Gasteiger partial charge in [0, 0.05) is 6.42 Å². The van der Waals surface area contributed by atoms with E-state index in [0.717, 1.165) is 12.8 Å². The first-order valence-electron chi connectivity index (χ1n) is 10.1. The minimum atomic E-state index is -1.97. The zero-order chi connectivity index (χ0) is 20.9. The molecule has 0 amide bonds. The van der Waals surface area contributed by atoms with Crippen LogP contribution in [0.2, 0.25) is 0 Å². The fourth-order valence-electron chi connectivity index (χ4n) is 3.18. The van der Waals surface area contributed by atoms with Gasteiger partial charge in [-0.3, -0.25) is 9.59 Å². The van der Waals surface area contributed by atoms with Crippen LogP contribution in [0.25, 0.3) is 0 Å². The fourth-order valence-corrected chi connectivity index (χ4v) is 3.18. The lowest BCUT2D eigenvalue weighted by Gasteiger charge is -2.34. The van der Waals surface area contributed by atoms with Gasteiger partial charge >= 0.3 is 5.97 Å². The van der Waals surface area contributed by atoms with Gasteiger partial charge in [-0.1, -0.05) is 51.2 Å². The summed E-state index contributed by atoms with van der Waals surface area (Å²) in [7, 11) is 5.34. The topological polar surface area (TPSA) is 94.8 Å². The molecule has 0 bridgehead atoms. The van der Waals surface area contributed by atoms with E-state index in [9.17, 15) is 19.8 Å². The van der Waals surface area contributed by atoms with Crippen LogP contribution < -0.4 is 0 Å². The smallest absolute Gasteiger partial charge is 0.306 e. The molecule has 158 valence electrons. The Labute approximate surface area is 164 Å². The van der Waals surface area contributed by atoms with Gasteiger partial charge in [0.05, 0.1) is 33.7 Å². The van der Waals surface area contributed by atoms with Crippen LogP contribution in [0, 0.1) is 0 Å². The molecule has 27 heavy (non-hydrogen) atoms. The second-order valence-corrected chi connectivity index (χ2v) is 8.60. The molecule has 3 N–H and O–H groups in total. The summed E-state index contributed by atoms with van der Waals surface area (Å²) < 4.78 is 0.254. The number of aliphatic carboxylic acids is 1. The molecule has 0 aromatic rings. The molecule has 0 radical (unpaired) electrons. The SMILES string of the molecule is CCCCCCCC/C=C\CC(O)CC(=O)C(O)(CC(=O)O)C[N+](C)(C)C. The van der Waals surface area contributed by atoms with Crippen molar-refractivity contribution >= 4 is 11.8 Å². The first kappa shape index (κ1) is 25.8. The number of rotatable bonds is 16. The number of carbonyl (C=O) groups excluding carboxylic acids is 1. The molecule has 0 aliphatic carbocycles. The van der Waals surface area contributed by atoms with Gasteiger partial charge < -0.3 is 19.8 Å². The molecule has 0 aliphatic rings. The number of aliphatic hydroxyl groups is 2. The van der Waals surface area contributed by atoms with Gasteiger partial charge in [-0.2, -0.15) is 0 Å². The molecular weight excluding hydrogens is 346 g/mol. The molecule has 2 atom stereocenters. The van der Waals surface area contributed by atoms with E-state index in [1.54, 1.807) is 21.1 Å². The van der Waals surface area contributed by atoms with Gasteiger partial charge in [0.25, 0.3) is 0 Å². The monoisotopic (exact) mass is 386 g/mol. The Balaban J connectivity index is 4.35. The van der Waals surface area contributed by atoms with Crippen molar-refractivity contribution in [3.63, 3.8) is 0 Å². The number of allylic oxidation sites excluding steroid dienone is 1. The molecule has 6 nitrogen and oxygen atoms in total. The fraction of sp³-hybridized carbons (Fsp3) is 0.810. The number of likely N-dealkylation sites (N-methyl/N-ethyl adjacent to an activating group) is 1. The van der Waals surface area contributed by atoms with Crippen molar-refractivity contribution in [2.45, 2.75) is 82.8 Å². The maximum Gasteiger partial charge on any atom is 0.306 e. The number of nitrogens with zero attached hydrogens (tertiary/aromatic N) is 1. The predicted molar refractivity (Wildman–Crippen MR) is 107 cm³/mol. The highest BCUT2D eigenvalue weighted by molar-refractivity contribution is 5.91. The first-order valence-corrected chi connectivity index (χ1v) is 10.1. The van der Waals surface area contributed by atoms with Crippen LogP contribution in [0.1, 0.15) is 71.1 Å². The summed E-state index contributed by atoms with van der Waals surface area (Å²) in [6.45, 7) is 2.18. The summed E-state index contributed by atoms with van der Waals surface area (Å²) in [6.07, 6.45) is 10.8. The van der Waals surface area contributed by atoms with Crippen molar-refractivity contribution in [3.8, 4) is 0 Å². The standard InChI is InChI=1S/C21H39NO5/c1-5-6-7-8-9-10-11-12-13-14-18(23)15-19(24)21(27,16-20(25)26)17-22(2,3)4/h12-13,18,23,27H,5-11,14-17H2,1-4H3/p+1/b13-12-. The number of quaternary nitrogens is 1. The molecule has 0 rings (SSSR count). The first-order chi connectivity index (χ1) is 12.5. The van der Waals surface area contributed by atoms with E-state index in [4.69, 9.17) is 5.11 Å². The maximum atomic E-state index is 12.4. The molecule has 0 aromatic carbocycles. The molecule has 0 aliphatic heterocycles. The quantitative estimate of drug-likeness (QED) is 0.215. The Hall–Kier alpha value is -1.24. The van der Waals surface area contributed by atoms with Crippen LogP contribution in [-0.4, -0.2) is 70.9 Å². The predicted octanol–water partition coefficient (Wildman–Crippen LogP) is 2.92. The molecule has 0 fully saturated rings. The average Bonchev–Trinajstić information content (AvgIpc) is 2.50. The van der Waals surface area contributed by atoms with Gasteiger partial charge in [-0.15, -0.1) is 0 Å². The number of ketones is 1. The summed E-state index contributed by atoms with van der Waals surface area (Å²) >= 11 is 0. The highest BCUT2D eigenvalue weighted by Gasteiger charge is 2.43. The van der Waals surface area contributed by atoms with Crippen molar-refractivity contribution in [1.82, 2.24) is 0 Å². The Morgan fingerprint density at radius 1 is 1.04 bits per heavy atom. The van der Waals surface area contributed by atoms with E-state index in [0.29, 0.717) is 6.42 Å². The second kappa shape index (κ2) is 13.0. The number of aliphatic hydroxyl groups excluding tert-OH is 1. The summed E-state index contributed by atoms with van der Waals surface area (Å²) in [4.78, 5) is 23.5. The molecule has 0 saturated carbocycles. The lowest BCUT2D eigenvalue weighted by Crippen LogP contribution is -2.55. The largest absolute Gasteiger partial charge is 0.481 e. The van der Waals surface area contributed by atoms with Crippen LogP contribution >= 0.6 is 0 Å². The Morgan fingerprint density at radius 3 is 2.19 bits per heavy atom. The van der Waals surface area contributed by atoms with E-state index >= 15 is 0 Å². The van der Waals surface area contributed by atoms with E-state index in [2.05, 4.69) is 6.92 Å². The van der Waals surface area contributed by atoms with Crippen LogP contribution in [0.4, 0.5) is 0 Å². The van der Waals surface area contributed by atoms with E-state index in [1.165, 1.54) is 32.1 Å². The highest BCUT2D eigenvalue weighted by atomic mass is 16.4. The molecule has 0 spiro atoms. The minimum absolute atomic E-state index is 0.0152. The number of unbranched alkanes of at least 4 members (excludes halogenated alkanes) is 6. The second-order valence-electron chi connectivity index (χ2n) is 8.60. The van der Waals surface area contributed by atoms with E-state index < -0.39 is 29.9 Å². The summed E-state index contributed by atoms with van der Waals surface area (Å²) in [6, 6.07) is 0. The normalized spacial score (nSPS) is 15.6.